The minimum absolute atomic E-state index is 0.233. The number of nitrogens with two attached hydrogens (primary N) is 1. The molecule has 3 N–H and O–H groups in total. The molecule has 0 saturated heterocycles. The molecule has 7 heteroatoms. The Labute approximate surface area is 139 Å². The van der Waals surface area contributed by atoms with Crippen LogP contribution in [0, 0.1) is 0 Å². The minimum Gasteiger partial charge on any atom is -0.396 e. The Kier molecular flexibility index (Phi) is 4.81. The van der Waals surface area contributed by atoms with Crippen molar-refractivity contribution in [2.24, 2.45) is 0 Å². The highest BCUT2D eigenvalue weighted by molar-refractivity contribution is 9.10. The van der Waals surface area contributed by atoms with Gasteiger partial charge in [0.25, 0.3) is 5.91 Å². The Bertz CT molecular complexity index is 668. The molecule has 0 aromatic heterocycles. The first-order valence-electron chi connectivity index (χ1n) is 5.39. The summed E-state index contributed by atoms with van der Waals surface area (Å²) in [7, 11) is 0. The molecule has 0 fully saturated rings. The summed E-state index contributed by atoms with van der Waals surface area (Å²) in [4.78, 5) is 12.1. The summed E-state index contributed by atoms with van der Waals surface area (Å²) in [5, 5.41) is 3.66. The third kappa shape index (κ3) is 3.38. The zero-order valence-electron chi connectivity index (χ0n) is 9.88. The third-order valence-electron chi connectivity index (χ3n) is 2.52. The van der Waals surface area contributed by atoms with E-state index in [-0.39, 0.29) is 21.6 Å². The molecule has 0 spiro atoms. The molecule has 1 amide bonds. The molecular weight excluding hydrogens is 386 g/mol. The largest absolute Gasteiger partial charge is 0.396 e. The number of halogens is 4. The first-order chi connectivity index (χ1) is 9.38. The minimum atomic E-state index is -0.354. The van der Waals surface area contributed by atoms with Crippen molar-refractivity contribution >= 4 is 68.0 Å². The smallest absolute Gasteiger partial charge is 0.255 e. The maximum absolute atomic E-state index is 12.1. The second-order valence-corrected chi connectivity index (χ2v) is 6.01. The summed E-state index contributed by atoms with van der Waals surface area (Å²) in [6, 6.07) is 8.00. The van der Waals surface area contributed by atoms with E-state index >= 15 is 0 Å². The van der Waals surface area contributed by atoms with Gasteiger partial charge in [-0.1, -0.05) is 34.8 Å². The van der Waals surface area contributed by atoms with Gasteiger partial charge in [-0.05, 0) is 46.3 Å². The highest BCUT2D eigenvalue weighted by atomic mass is 79.9. The van der Waals surface area contributed by atoms with Crippen molar-refractivity contribution in [2.45, 2.75) is 0 Å². The molecule has 2 aromatic rings. The molecule has 20 heavy (non-hydrogen) atoms. The summed E-state index contributed by atoms with van der Waals surface area (Å²) in [5.41, 5.74) is 6.74. The number of rotatable bonds is 2. The van der Waals surface area contributed by atoms with E-state index in [1.807, 2.05) is 0 Å². The van der Waals surface area contributed by atoms with Gasteiger partial charge in [-0.2, -0.15) is 0 Å². The molecule has 0 heterocycles. The Morgan fingerprint density at radius 3 is 2.20 bits per heavy atom. The van der Waals surface area contributed by atoms with Crippen LogP contribution in [0.1, 0.15) is 10.4 Å². The van der Waals surface area contributed by atoms with Crippen molar-refractivity contribution in [3.8, 4) is 0 Å². The topological polar surface area (TPSA) is 55.1 Å². The zero-order valence-corrected chi connectivity index (χ0v) is 13.7. The Morgan fingerprint density at radius 2 is 1.65 bits per heavy atom. The molecule has 0 bridgehead atoms. The van der Waals surface area contributed by atoms with Crippen molar-refractivity contribution in [1.82, 2.24) is 0 Å². The van der Waals surface area contributed by atoms with Crippen molar-refractivity contribution in [2.75, 3.05) is 11.1 Å². The molecular formula is C13H8BrCl3N2O. The standard InChI is InChI=1S/C13H8BrCl3N2O/c14-8-2-1-7(5-9(8)15)19-13(20)6-3-10(16)12(18)11(17)4-6/h1-5H,18H2,(H,19,20). The predicted octanol–water partition coefficient (Wildman–Crippen LogP) is 5.24. The van der Waals surface area contributed by atoms with Gasteiger partial charge in [-0.25, -0.2) is 0 Å². The average molecular weight is 394 g/mol. The molecule has 0 aliphatic heterocycles. The first kappa shape index (κ1) is 15.4. The van der Waals surface area contributed by atoms with Crippen LogP contribution >= 0.6 is 50.7 Å². The van der Waals surface area contributed by atoms with Crippen LogP contribution in [0.5, 0.6) is 0 Å². The molecule has 0 atom stereocenters. The monoisotopic (exact) mass is 392 g/mol. The summed E-state index contributed by atoms with van der Waals surface area (Å²) in [5.74, 6) is -0.354. The normalized spacial score (nSPS) is 10.4. The van der Waals surface area contributed by atoms with Gasteiger partial charge >= 0.3 is 0 Å². The van der Waals surface area contributed by atoms with Crippen molar-refractivity contribution < 1.29 is 4.79 Å². The van der Waals surface area contributed by atoms with Gasteiger partial charge < -0.3 is 11.1 Å². The van der Waals surface area contributed by atoms with Crippen LogP contribution in [0.2, 0.25) is 15.1 Å². The van der Waals surface area contributed by atoms with E-state index < -0.39 is 0 Å². The molecule has 0 aliphatic carbocycles. The fourth-order valence-electron chi connectivity index (χ4n) is 1.49. The SMILES string of the molecule is Nc1c(Cl)cc(C(=O)Nc2ccc(Br)c(Cl)c2)cc1Cl. The third-order valence-corrected chi connectivity index (χ3v) is 4.38. The zero-order chi connectivity index (χ0) is 14.9. The Morgan fingerprint density at radius 1 is 1.05 bits per heavy atom. The van der Waals surface area contributed by atoms with Gasteiger partial charge in [0, 0.05) is 15.7 Å². The fourth-order valence-corrected chi connectivity index (χ4v) is 2.41. The molecule has 0 radical (unpaired) electrons. The van der Waals surface area contributed by atoms with E-state index in [1.165, 1.54) is 12.1 Å². The molecule has 0 aliphatic rings. The predicted molar refractivity (Wildman–Crippen MR) is 88.0 cm³/mol. The van der Waals surface area contributed by atoms with Gasteiger partial charge in [-0.15, -0.1) is 0 Å². The number of carbonyl (C=O) groups excluding carboxylic acids is 1. The quantitative estimate of drug-likeness (QED) is 0.684. The van der Waals surface area contributed by atoms with Gasteiger partial charge in [0.2, 0.25) is 0 Å². The maximum Gasteiger partial charge on any atom is 0.255 e. The fraction of sp³-hybridized carbons (Fsp3) is 0. The van der Waals surface area contributed by atoms with Gasteiger partial charge in [0.05, 0.1) is 20.8 Å². The van der Waals surface area contributed by atoms with Crippen molar-refractivity contribution in [3.05, 3.63) is 55.4 Å². The number of hydrogen-bond acceptors (Lipinski definition) is 2. The summed E-state index contributed by atoms with van der Waals surface area (Å²) >= 11 is 21.0. The summed E-state index contributed by atoms with van der Waals surface area (Å²) in [6.45, 7) is 0. The summed E-state index contributed by atoms with van der Waals surface area (Å²) < 4.78 is 0.746. The van der Waals surface area contributed by atoms with Crippen LogP contribution in [0.3, 0.4) is 0 Å². The number of amides is 1. The average Bonchev–Trinajstić information content (AvgIpc) is 2.39. The summed E-state index contributed by atoms with van der Waals surface area (Å²) in [6.07, 6.45) is 0. The number of anilines is 2. The van der Waals surface area contributed by atoms with E-state index in [4.69, 9.17) is 40.5 Å². The van der Waals surface area contributed by atoms with E-state index in [0.29, 0.717) is 16.3 Å². The Hall–Kier alpha value is -0.940. The number of carbonyl (C=O) groups is 1. The van der Waals surface area contributed by atoms with Crippen LogP contribution < -0.4 is 11.1 Å². The molecule has 3 nitrogen and oxygen atoms in total. The van der Waals surface area contributed by atoms with Crippen molar-refractivity contribution in [3.63, 3.8) is 0 Å². The number of benzene rings is 2. The Balaban J connectivity index is 2.26. The molecule has 2 aromatic carbocycles. The van der Waals surface area contributed by atoms with Crippen LogP contribution in [0.15, 0.2) is 34.8 Å². The van der Waals surface area contributed by atoms with Crippen LogP contribution in [0.4, 0.5) is 11.4 Å². The number of nitrogens with one attached hydrogen (secondary N) is 1. The highest BCUT2D eigenvalue weighted by Gasteiger charge is 2.12. The van der Waals surface area contributed by atoms with E-state index in [9.17, 15) is 4.79 Å². The lowest BCUT2D eigenvalue weighted by molar-refractivity contribution is 0.102. The van der Waals surface area contributed by atoms with E-state index in [2.05, 4.69) is 21.2 Å². The van der Waals surface area contributed by atoms with Crippen LogP contribution in [-0.4, -0.2) is 5.91 Å². The van der Waals surface area contributed by atoms with Crippen LogP contribution in [0.25, 0.3) is 0 Å². The van der Waals surface area contributed by atoms with E-state index in [0.717, 1.165) is 4.47 Å². The molecule has 104 valence electrons. The van der Waals surface area contributed by atoms with Gasteiger partial charge in [0.15, 0.2) is 0 Å². The second-order valence-electron chi connectivity index (χ2n) is 3.94. The highest BCUT2D eigenvalue weighted by Crippen LogP contribution is 2.30. The number of hydrogen-bond donors (Lipinski definition) is 2. The van der Waals surface area contributed by atoms with Crippen LogP contribution in [-0.2, 0) is 0 Å². The van der Waals surface area contributed by atoms with Gasteiger partial charge in [0.1, 0.15) is 0 Å². The maximum atomic E-state index is 12.1. The molecule has 2 rings (SSSR count). The second kappa shape index (κ2) is 6.22. The van der Waals surface area contributed by atoms with Gasteiger partial charge in [-0.3, -0.25) is 4.79 Å². The van der Waals surface area contributed by atoms with Crippen molar-refractivity contribution in [1.29, 1.82) is 0 Å². The lowest BCUT2D eigenvalue weighted by atomic mass is 10.2. The first-order valence-corrected chi connectivity index (χ1v) is 7.32. The number of nitrogen functional groups attached to an aromatic ring is 1. The lowest BCUT2D eigenvalue weighted by Gasteiger charge is -2.08. The molecule has 0 unspecified atom stereocenters. The lowest BCUT2D eigenvalue weighted by Crippen LogP contribution is -2.12. The van der Waals surface area contributed by atoms with E-state index in [1.54, 1.807) is 18.2 Å². The molecule has 0 saturated carbocycles.